The number of halogens is 1. The summed E-state index contributed by atoms with van der Waals surface area (Å²) >= 11 is 1.49. The Bertz CT molecular complexity index is 1160. The van der Waals surface area contributed by atoms with E-state index in [0.717, 1.165) is 34.4 Å². The molecule has 1 aliphatic heterocycles. The van der Waals surface area contributed by atoms with E-state index in [-0.39, 0.29) is 17.6 Å². The number of hydrogen-bond acceptors (Lipinski definition) is 4. The Morgan fingerprint density at radius 1 is 1.09 bits per heavy atom. The van der Waals surface area contributed by atoms with Crippen molar-refractivity contribution >= 4 is 23.6 Å². The standard InChI is InChI=1S/C26H26FN3O2S/c1-17-24(14-29-25(31)16-33-2)23-11-12-30(15-21(23)13-28-17)26(32)20-5-3-18(4-6-20)19-7-9-22(27)10-8-19/h3-10,13H,11-12,14-16H2,1-2H3,(H,29,31). The van der Waals surface area contributed by atoms with E-state index in [9.17, 15) is 14.0 Å². The number of thioether (sulfide) groups is 1. The van der Waals surface area contributed by atoms with Gasteiger partial charge in [0.05, 0.1) is 5.75 Å². The Balaban J connectivity index is 1.47. The van der Waals surface area contributed by atoms with E-state index in [1.54, 1.807) is 12.1 Å². The van der Waals surface area contributed by atoms with Crippen LogP contribution in [-0.4, -0.2) is 40.3 Å². The quantitative estimate of drug-likeness (QED) is 0.590. The van der Waals surface area contributed by atoms with Crippen molar-refractivity contribution in [2.75, 3.05) is 18.6 Å². The first kappa shape index (κ1) is 23.0. The normalized spacial score (nSPS) is 12.9. The minimum absolute atomic E-state index is 0.0104. The van der Waals surface area contributed by atoms with Gasteiger partial charge in [0, 0.05) is 37.1 Å². The molecule has 1 aromatic heterocycles. The molecule has 0 atom stereocenters. The molecule has 0 radical (unpaired) electrons. The van der Waals surface area contributed by atoms with Gasteiger partial charge in [0.15, 0.2) is 0 Å². The minimum atomic E-state index is -0.272. The van der Waals surface area contributed by atoms with Crippen molar-refractivity contribution < 1.29 is 14.0 Å². The molecule has 3 aromatic rings. The molecule has 0 saturated heterocycles. The second-order valence-corrected chi connectivity index (χ2v) is 8.96. The average Bonchev–Trinajstić information content (AvgIpc) is 2.83. The molecule has 1 aliphatic rings. The van der Waals surface area contributed by atoms with Crippen molar-refractivity contribution in [1.82, 2.24) is 15.2 Å². The van der Waals surface area contributed by atoms with Crippen molar-refractivity contribution in [1.29, 1.82) is 0 Å². The lowest BCUT2D eigenvalue weighted by atomic mass is 9.94. The van der Waals surface area contributed by atoms with Crippen LogP contribution in [0.1, 0.15) is 32.7 Å². The van der Waals surface area contributed by atoms with E-state index in [4.69, 9.17) is 0 Å². The molecular formula is C26H26FN3O2S. The van der Waals surface area contributed by atoms with Crippen molar-refractivity contribution in [2.45, 2.75) is 26.4 Å². The van der Waals surface area contributed by atoms with Gasteiger partial charge < -0.3 is 10.2 Å². The van der Waals surface area contributed by atoms with Crippen LogP contribution in [-0.2, 0) is 24.3 Å². The van der Waals surface area contributed by atoms with E-state index in [1.807, 2.05) is 48.5 Å². The number of amides is 2. The SMILES string of the molecule is CSCC(=O)NCc1c(C)ncc2c1CCN(C(=O)c1ccc(-c3ccc(F)cc3)cc1)C2. The number of aromatic nitrogens is 1. The lowest BCUT2D eigenvalue weighted by Crippen LogP contribution is -2.37. The summed E-state index contributed by atoms with van der Waals surface area (Å²) in [6, 6.07) is 13.7. The van der Waals surface area contributed by atoms with Crippen LogP contribution in [0.3, 0.4) is 0 Å². The number of hydrogen-bond donors (Lipinski definition) is 1. The molecule has 0 spiro atoms. The van der Waals surface area contributed by atoms with Crippen LogP contribution >= 0.6 is 11.8 Å². The molecule has 0 unspecified atom stereocenters. The van der Waals surface area contributed by atoms with Gasteiger partial charge in [-0.1, -0.05) is 24.3 Å². The van der Waals surface area contributed by atoms with E-state index in [1.165, 1.54) is 29.5 Å². The number of fused-ring (bicyclic) bond motifs is 1. The molecule has 2 amide bonds. The Morgan fingerprint density at radius 2 is 1.76 bits per heavy atom. The lowest BCUT2D eigenvalue weighted by molar-refractivity contribution is -0.118. The first-order valence-electron chi connectivity index (χ1n) is 10.8. The molecule has 2 aromatic carbocycles. The van der Waals surface area contributed by atoms with E-state index >= 15 is 0 Å². The smallest absolute Gasteiger partial charge is 0.254 e. The Labute approximate surface area is 197 Å². The number of aryl methyl sites for hydroxylation is 1. The number of nitrogens with zero attached hydrogens (tertiary/aromatic N) is 2. The van der Waals surface area contributed by atoms with E-state index < -0.39 is 0 Å². The van der Waals surface area contributed by atoms with Gasteiger partial charge >= 0.3 is 0 Å². The monoisotopic (exact) mass is 463 g/mol. The molecule has 170 valence electrons. The van der Waals surface area contributed by atoms with Crippen LogP contribution in [0.25, 0.3) is 11.1 Å². The van der Waals surface area contributed by atoms with Gasteiger partial charge in [0.1, 0.15) is 5.82 Å². The first-order chi connectivity index (χ1) is 16.0. The van der Waals surface area contributed by atoms with Crippen molar-refractivity contribution in [2.24, 2.45) is 0 Å². The zero-order valence-corrected chi connectivity index (χ0v) is 19.5. The predicted molar refractivity (Wildman–Crippen MR) is 129 cm³/mol. The Kier molecular flexibility index (Phi) is 7.08. The average molecular weight is 464 g/mol. The first-order valence-corrected chi connectivity index (χ1v) is 12.2. The van der Waals surface area contributed by atoms with E-state index in [2.05, 4.69) is 10.3 Å². The second kappa shape index (κ2) is 10.2. The number of carbonyl (C=O) groups excluding carboxylic acids is 2. The summed E-state index contributed by atoms with van der Waals surface area (Å²) in [5.41, 5.74) is 6.63. The number of carbonyl (C=O) groups is 2. The maximum atomic E-state index is 13.2. The summed E-state index contributed by atoms with van der Waals surface area (Å²) < 4.78 is 13.2. The molecule has 5 nitrogen and oxygen atoms in total. The molecule has 0 aliphatic carbocycles. The maximum Gasteiger partial charge on any atom is 0.254 e. The zero-order chi connectivity index (χ0) is 23.4. The highest BCUT2D eigenvalue weighted by Gasteiger charge is 2.25. The third kappa shape index (κ3) is 5.25. The van der Waals surface area contributed by atoms with Crippen LogP contribution in [0, 0.1) is 12.7 Å². The van der Waals surface area contributed by atoms with E-state index in [0.29, 0.717) is 31.0 Å². The summed E-state index contributed by atoms with van der Waals surface area (Å²) in [5, 5.41) is 2.97. The zero-order valence-electron chi connectivity index (χ0n) is 18.7. The predicted octanol–water partition coefficient (Wildman–Crippen LogP) is 4.37. The molecular weight excluding hydrogens is 437 g/mol. The summed E-state index contributed by atoms with van der Waals surface area (Å²) in [7, 11) is 0. The summed E-state index contributed by atoms with van der Waals surface area (Å²) in [6.07, 6.45) is 4.47. The van der Waals surface area contributed by atoms with Crippen molar-refractivity contribution in [3.8, 4) is 11.1 Å². The molecule has 1 N–H and O–H groups in total. The topological polar surface area (TPSA) is 62.3 Å². The third-order valence-corrected chi connectivity index (χ3v) is 6.48. The molecule has 33 heavy (non-hydrogen) atoms. The third-order valence-electron chi connectivity index (χ3n) is 5.93. The van der Waals surface area contributed by atoms with Crippen molar-refractivity contribution in [3.05, 3.63) is 88.5 Å². The van der Waals surface area contributed by atoms with Crippen LogP contribution in [0.4, 0.5) is 4.39 Å². The summed E-state index contributed by atoms with van der Waals surface area (Å²) in [6.45, 7) is 3.52. The van der Waals surface area contributed by atoms with Gasteiger partial charge in [0.25, 0.3) is 5.91 Å². The Morgan fingerprint density at radius 3 is 2.42 bits per heavy atom. The molecule has 7 heteroatoms. The largest absolute Gasteiger partial charge is 0.351 e. The van der Waals surface area contributed by atoms with Gasteiger partial charge in [-0.05, 0) is 71.7 Å². The summed E-state index contributed by atoms with van der Waals surface area (Å²) in [4.78, 5) is 31.4. The molecule has 4 rings (SSSR count). The molecule has 0 fully saturated rings. The Hall–Kier alpha value is -3.19. The fourth-order valence-electron chi connectivity index (χ4n) is 4.13. The molecule has 2 heterocycles. The number of rotatable bonds is 6. The van der Waals surface area contributed by atoms with Gasteiger partial charge in [-0.3, -0.25) is 14.6 Å². The number of pyridine rings is 1. The van der Waals surface area contributed by atoms with Crippen LogP contribution in [0.15, 0.2) is 54.7 Å². The fraction of sp³-hybridized carbons (Fsp3) is 0.269. The maximum absolute atomic E-state index is 13.2. The molecule has 0 bridgehead atoms. The van der Waals surface area contributed by atoms with Gasteiger partial charge in [-0.15, -0.1) is 0 Å². The van der Waals surface area contributed by atoms with Gasteiger partial charge in [0.2, 0.25) is 5.91 Å². The van der Waals surface area contributed by atoms with Gasteiger partial charge in [-0.2, -0.15) is 11.8 Å². The highest BCUT2D eigenvalue weighted by molar-refractivity contribution is 7.99. The summed E-state index contributed by atoms with van der Waals surface area (Å²) in [5.74, 6) is 0.146. The lowest BCUT2D eigenvalue weighted by Gasteiger charge is -2.30. The van der Waals surface area contributed by atoms with Gasteiger partial charge in [-0.25, -0.2) is 4.39 Å². The van der Waals surface area contributed by atoms with Crippen LogP contribution < -0.4 is 5.32 Å². The second-order valence-electron chi connectivity index (χ2n) is 8.10. The fourth-order valence-corrected chi connectivity index (χ4v) is 4.49. The highest BCUT2D eigenvalue weighted by atomic mass is 32.2. The highest BCUT2D eigenvalue weighted by Crippen LogP contribution is 2.26. The van der Waals surface area contributed by atoms with Crippen molar-refractivity contribution in [3.63, 3.8) is 0 Å². The number of nitrogens with one attached hydrogen (secondary N) is 1. The van der Waals surface area contributed by atoms with Crippen LogP contribution in [0.5, 0.6) is 0 Å². The van der Waals surface area contributed by atoms with Crippen LogP contribution in [0.2, 0.25) is 0 Å². The number of benzene rings is 2. The molecule has 0 saturated carbocycles. The minimum Gasteiger partial charge on any atom is -0.351 e.